The van der Waals surface area contributed by atoms with Crippen LogP contribution in [0, 0.1) is 24.2 Å². The average Bonchev–Trinajstić information content (AvgIpc) is 3.28. The molecule has 0 heterocycles. The van der Waals surface area contributed by atoms with Crippen LogP contribution in [0.5, 0.6) is 0 Å². The van der Waals surface area contributed by atoms with Crippen LogP contribution in [0.3, 0.4) is 0 Å². The van der Waals surface area contributed by atoms with Crippen LogP contribution in [0.2, 0.25) is 0 Å². The lowest BCUT2D eigenvalue weighted by Crippen LogP contribution is -2.30. The van der Waals surface area contributed by atoms with Crippen LogP contribution in [0.1, 0.15) is 55.7 Å². The molecule has 1 aromatic rings. The summed E-state index contributed by atoms with van der Waals surface area (Å²) in [5, 5.41) is 3.94. The molecule has 4 rings (SSSR count). The first-order valence-electron chi connectivity index (χ1n) is 8.07. The lowest BCUT2D eigenvalue weighted by molar-refractivity contribution is 0.359. The zero-order chi connectivity index (χ0) is 12.9. The number of nitrogens with one attached hydrogen (secondary N) is 1. The van der Waals surface area contributed by atoms with Crippen LogP contribution in [-0.2, 0) is 0 Å². The maximum atomic E-state index is 3.94. The fraction of sp³-hybridized carbons (Fsp3) is 0.667. The molecule has 1 nitrogen and oxygen atoms in total. The normalized spacial score (nSPS) is 26.2. The van der Waals surface area contributed by atoms with Gasteiger partial charge in [-0.1, -0.05) is 29.8 Å². The lowest BCUT2D eigenvalue weighted by Gasteiger charge is -2.23. The fourth-order valence-corrected chi connectivity index (χ4v) is 3.66. The molecule has 19 heavy (non-hydrogen) atoms. The Labute approximate surface area is 116 Å². The van der Waals surface area contributed by atoms with Crippen LogP contribution in [0.4, 0.5) is 0 Å². The molecule has 1 atom stereocenters. The van der Waals surface area contributed by atoms with Crippen molar-refractivity contribution in [2.45, 2.75) is 51.5 Å². The first kappa shape index (κ1) is 12.0. The molecule has 0 spiro atoms. The van der Waals surface area contributed by atoms with Gasteiger partial charge in [0, 0.05) is 12.6 Å². The largest absolute Gasteiger partial charge is 0.309 e. The Morgan fingerprint density at radius 2 is 1.79 bits per heavy atom. The van der Waals surface area contributed by atoms with E-state index in [0.717, 1.165) is 17.3 Å². The van der Waals surface area contributed by atoms with Crippen molar-refractivity contribution in [3.05, 3.63) is 35.4 Å². The summed E-state index contributed by atoms with van der Waals surface area (Å²) >= 11 is 0. The molecule has 3 aliphatic carbocycles. The standard InChI is InChI=1S/C18H25N/c1-13-2-4-14(5-3-13)17(15-6-7-15)19-12-18(10-11-18)16-8-9-16/h2-5,15-17,19H,6-12H2,1H3. The van der Waals surface area contributed by atoms with Crippen molar-refractivity contribution in [3.63, 3.8) is 0 Å². The molecule has 102 valence electrons. The highest BCUT2D eigenvalue weighted by Crippen LogP contribution is 2.61. The molecule has 0 saturated heterocycles. The SMILES string of the molecule is Cc1ccc(C(NCC2(C3CC3)CC2)C2CC2)cc1. The molecule has 1 N–H and O–H groups in total. The van der Waals surface area contributed by atoms with Gasteiger partial charge in [0.05, 0.1) is 0 Å². The van der Waals surface area contributed by atoms with E-state index in [2.05, 4.69) is 36.5 Å². The smallest absolute Gasteiger partial charge is 0.0348 e. The first-order valence-corrected chi connectivity index (χ1v) is 8.07. The summed E-state index contributed by atoms with van der Waals surface area (Å²) in [5.74, 6) is 1.97. The van der Waals surface area contributed by atoms with E-state index in [1.807, 2.05) is 0 Å². The molecule has 0 bridgehead atoms. The third-order valence-electron chi connectivity index (χ3n) is 5.54. The number of rotatable bonds is 6. The van der Waals surface area contributed by atoms with E-state index >= 15 is 0 Å². The van der Waals surface area contributed by atoms with E-state index in [9.17, 15) is 0 Å². The van der Waals surface area contributed by atoms with Crippen molar-refractivity contribution in [1.29, 1.82) is 0 Å². The summed E-state index contributed by atoms with van der Waals surface area (Å²) in [5.41, 5.74) is 3.60. The van der Waals surface area contributed by atoms with Gasteiger partial charge in [0.25, 0.3) is 0 Å². The molecular weight excluding hydrogens is 230 g/mol. The number of aryl methyl sites for hydroxylation is 1. The van der Waals surface area contributed by atoms with Crippen LogP contribution in [0.25, 0.3) is 0 Å². The van der Waals surface area contributed by atoms with Crippen molar-refractivity contribution in [1.82, 2.24) is 5.32 Å². The van der Waals surface area contributed by atoms with E-state index < -0.39 is 0 Å². The average molecular weight is 255 g/mol. The second kappa shape index (κ2) is 4.34. The number of benzene rings is 1. The van der Waals surface area contributed by atoms with Crippen molar-refractivity contribution >= 4 is 0 Å². The second-order valence-electron chi connectivity index (χ2n) is 7.24. The summed E-state index contributed by atoms with van der Waals surface area (Å²) in [6.45, 7) is 3.45. The topological polar surface area (TPSA) is 12.0 Å². The minimum absolute atomic E-state index is 0.622. The molecule has 3 fully saturated rings. The number of hydrogen-bond acceptors (Lipinski definition) is 1. The summed E-state index contributed by atoms with van der Waals surface area (Å²) in [7, 11) is 0. The third kappa shape index (κ3) is 2.45. The molecule has 0 amide bonds. The van der Waals surface area contributed by atoms with Gasteiger partial charge in [0.2, 0.25) is 0 Å². The van der Waals surface area contributed by atoms with Crippen molar-refractivity contribution in [3.8, 4) is 0 Å². The number of hydrogen-bond donors (Lipinski definition) is 1. The van der Waals surface area contributed by atoms with Gasteiger partial charge < -0.3 is 5.32 Å². The van der Waals surface area contributed by atoms with Gasteiger partial charge >= 0.3 is 0 Å². The Morgan fingerprint density at radius 1 is 1.11 bits per heavy atom. The summed E-state index contributed by atoms with van der Waals surface area (Å²) < 4.78 is 0. The summed E-state index contributed by atoms with van der Waals surface area (Å²) in [6, 6.07) is 9.82. The predicted molar refractivity (Wildman–Crippen MR) is 79.0 cm³/mol. The highest BCUT2D eigenvalue weighted by atomic mass is 15.0. The van der Waals surface area contributed by atoms with Gasteiger partial charge in [-0.15, -0.1) is 0 Å². The Morgan fingerprint density at radius 3 is 2.32 bits per heavy atom. The quantitative estimate of drug-likeness (QED) is 0.802. The molecule has 3 aliphatic rings. The summed E-state index contributed by atoms with van der Waals surface area (Å²) in [4.78, 5) is 0. The van der Waals surface area contributed by atoms with Crippen LogP contribution < -0.4 is 5.32 Å². The fourth-order valence-electron chi connectivity index (χ4n) is 3.66. The molecular formula is C18H25N. The van der Waals surface area contributed by atoms with Gasteiger partial charge in [0.15, 0.2) is 0 Å². The van der Waals surface area contributed by atoms with E-state index in [0.29, 0.717) is 6.04 Å². The minimum atomic E-state index is 0.622. The molecule has 3 saturated carbocycles. The molecule has 0 radical (unpaired) electrons. The van der Waals surface area contributed by atoms with Crippen LogP contribution >= 0.6 is 0 Å². The van der Waals surface area contributed by atoms with Gasteiger partial charge in [-0.2, -0.15) is 0 Å². The van der Waals surface area contributed by atoms with Crippen molar-refractivity contribution in [2.24, 2.45) is 17.3 Å². The summed E-state index contributed by atoms with van der Waals surface area (Å²) in [6.07, 6.45) is 8.80. The molecule has 0 aromatic heterocycles. The Balaban J connectivity index is 1.44. The highest BCUT2D eigenvalue weighted by Gasteiger charge is 2.53. The molecule has 1 aromatic carbocycles. The zero-order valence-electron chi connectivity index (χ0n) is 12.0. The zero-order valence-corrected chi connectivity index (χ0v) is 12.0. The predicted octanol–water partition coefficient (Wildman–Crippen LogP) is 4.23. The highest BCUT2D eigenvalue weighted by molar-refractivity contribution is 5.25. The Kier molecular flexibility index (Phi) is 2.73. The molecule has 1 unspecified atom stereocenters. The second-order valence-corrected chi connectivity index (χ2v) is 7.24. The molecule has 1 heteroatoms. The molecule has 0 aliphatic heterocycles. The van der Waals surface area contributed by atoms with E-state index in [4.69, 9.17) is 0 Å². The third-order valence-corrected chi connectivity index (χ3v) is 5.54. The van der Waals surface area contributed by atoms with Crippen molar-refractivity contribution in [2.75, 3.05) is 6.54 Å². The van der Waals surface area contributed by atoms with Crippen LogP contribution in [0.15, 0.2) is 24.3 Å². The first-order chi connectivity index (χ1) is 9.27. The van der Waals surface area contributed by atoms with E-state index in [-0.39, 0.29) is 0 Å². The van der Waals surface area contributed by atoms with Gasteiger partial charge in [-0.3, -0.25) is 0 Å². The maximum absolute atomic E-state index is 3.94. The minimum Gasteiger partial charge on any atom is -0.309 e. The lowest BCUT2D eigenvalue weighted by atomic mass is 9.97. The van der Waals surface area contributed by atoms with Crippen LogP contribution in [-0.4, -0.2) is 6.54 Å². The van der Waals surface area contributed by atoms with Gasteiger partial charge in [-0.25, -0.2) is 0 Å². The monoisotopic (exact) mass is 255 g/mol. The maximum Gasteiger partial charge on any atom is 0.0348 e. The Bertz CT molecular complexity index is 449. The van der Waals surface area contributed by atoms with Gasteiger partial charge in [0.1, 0.15) is 0 Å². The van der Waals surface area contributed by atoms with E-state index in [1.165, 1.54) is 56.2 Å². The Hall–Kier alpha value is -0.820. The van der Waals surface area contributed by atoms with Crippen molar-refractivity contribution < 1.29 is 0 Å². The van der Waals surface area contributed by atoms with Gasteiger partial charge in [-0.05, 0) is 68.3 Å². The van der Waals surface area contributed by atoms with E-state index in [1.54, 1.807) is 0 Å².